The lowest BCUT2D eigenvalue weighted by Crippen LogP contribution is -2.34. The van der Waals surface area contributed by atoms with Crippen LogP contribution in [-0.2, 0) is 9.84 Å². The molecule has 2 aromatic rings. The molecule has 0 amide bonds. The Morgan fingerprint density at radius 1 is 1.28 bits per heavy atom. The van der Waals surface area contributed by atoms with Crippen molar-refractivity contribution in [3.05, 3.63) is 24.4 Å². The predicted octanol–water partition coefficient (Wildman–Crippen LogP) is 0.967. The Labute approximate surface area is 144 Å². The van der Waals surface area contributed by atoms with Crippen molar-refractivity contribution in [1.29, 1.82) is 0 Å². The zero-order chi connectivity index (χ0) is 17.4. The molecule has 0 spiro atoms. The summed E-state index contributed by atoms with van der Waals surface area (Å²) in [6, 6.07) is 5.35. The molecule has 9 nitrogen and oxygen atoms in total. The quantitative estimate of drug-likeness (QED) is 0.850. The molecule has 132 valence electrons. The van der Waals surface area contributed by atoms with Gasteiger partial charge in [0, 0.05) is 24.8 Å². The average Bonchev–Trinajstić information content (AvgIpc) is 3.20. The lowest BCUT2D eigenvalue weighted by atomic mass is 10.2. The van der Waals surface area contributed by atoms with Crippen LogP contribution in [0.2, 0.25) is 0 Å². The number of nitrogens with one attached hydrogen (secondary N) is 1. The zero-order valence-electron chi connectivity index (χ0n) is 13.5. The summed E-state index contributed by atoms with van der Waals surface area (Å²) in [5.41, 5.74) is 0.779. The molecule has 2 aliphatic rings. The Balaban J connectivity index is 1.51. The standard InChI is InChI=1S/C15H17N5O4S/c1-20(11-4-5-25(21,22)8-11)15-18-14(7-16-19-15)17-10-2-3-12-13(6-10)24-9-23-12/h2-3,6-7,11H,4-5,8-9H2,1H3,(H,17,18,19). The Hall–Kier alpha value is -2.62. The molecule has 1 N–H and O–H groups in total. The van der Waals surface area contributed by atoms with Crippen molar-refractivity contribution in [2.75, 3.05) is 35.6 Å². The molecule has 0 radical (unpaired) electrons. The van der Waals surface area contributed by atoms with Gasteiger partial charge in [-0.3, -0.25) is 0 Å². The van der Waals surface area contributed by atoms with Gasteiger partial charge < -0.3 is 19.7 Å². The Morgan fingerprint density at radius 2 is 2.12 bits per heavy atom. The predicted molar refractivity (Wildman–Crippen MR) is 91.1 cm³/mol. The van der Waals surface area contributed by atoms with Gasteiger partial charge in [-0.15, -0.1) is 5.10 Å². The van der Waals surface area contributed by atoms with Crippen molar-refractivity contribution in [2.45, 2.75) is 12.5 Å². The van der Waals surface area contributed by atoms with Gasteiger partial charge in [0.05, 0.1) is 17.7 Å². The van der Waals surface area contributed by atoms with Gasteiger partial charge in [-0.2, -0.15) is 10.1 Å². The topological polar surface area (TPSA) is 107 Å². The number of ether oxygens (including phenoxy) is 2. The highest BCUT2D eigenvalue weighted by Crippen LogP contribution is 2.35. The van der Waals surface area contributed by atoms with E-state index in [0.717, 1.165) is 5.69 Å². The molecule has 0 aliphatic carbocycles. The van der Waals surface area contributed by atoms with Crippen molar-refractivity contribution < 1.29 is 17.9 Å². The van der Waals surface area contributed by atoms with Crippen LogP contribution < -0.4 is 19.7 Å². The normalized spacial score (nSPS) is 20.4. The van der Waals surface area contributed by atoms with E-state index >= 15 is 0 Å². The molecule has 0 bridgehead atoms. The molecular weight excluding hydrogens is 346 g/mol. The monoisotopic (exact) mass is 363 g/mol. The van der Waals surface area contributed by atoms with E-state index in [4.69, 9.17) is 9.47 Å². The third kappa shape index (κ3) is 3.29. The van der Waals surface area contributed by atoms with Crippen LogP contribution in [0.1, 0.15) is 6.42 Å². The van der Waals surface area contributed by atoms with E-state index in [1.165, 1.54) is 6.20 Å². The largest absolute Gasteiger partial charge is 0.454 e. The van der Waals surface area contributed by atoms with E-state index in [1.54, 1.807) is 11.9 Å². The number of hydrogen-bond acceptors (Lipinski definition) is 9. The molecule has 1 aromatic carbocycles. The molecule has 2 aliphatic heterocycles. The second-order valence-corrected chi connectivity index (χ2v) is 8.23. The molecule has 3 heterocycles. The van der Waals surface area contributed by atoms with Crippen LogP contribution in [0.4, 0.5) is 17.5 Å². The van der Waals surface area contributed by atoms with E-state index in [9.17, 15) is 8.42 Å². The number of sulfone groups is 1. The first kappa shape index (κ1) is 15.9. The van der Waals surface area contributed by atoms with Crippen molar-refractivity contribution in [3.8, 4) is 11.5 Å². The Morgan fingerprint density at radius 3 is 2.92 bits per heavy atom. The summed E-state index contributed by atoms with van der Waals surface area (Å²) < 4.78 is 34.0. The van der Waals surface area contributed by atoms with Crippen molar-refractivity contribution in [1.82, 2.24) is 15.2 Å². The number of anilines is 3. The maximum absolute atomic E-state index is 11.7. The maximum Gasteiger partial charge on any atom is 0.247 e. The van der Waals surface area contributed by atoms with Crippen LogP contribution in [0.5, 0.6) is 11.5 Å². The second kappa shape index (κ2) is 6.03. The van der Waals surface area contributed by atoms with Crippen LogP contribution >= 0.6 is 0 Å². The molecule has 1 unspecified atom stereocenters. The van der Waals surface area contributed by atoms with E-state index in [2.05, 4.69) is 20.5 Å². The zero-order valence-corrected chi connectivity index (χ0v) is 14.4. The first-order valence-electron chi connectivity index (χ1n) is 7.80. The summed E-state index contributed by atoms with van der Waals surface area (Å²) in [6.45, 7) is 0.215. The minimum atomic E-state index is -2.97. The van der Waals surface area contributed by atoms with Crippen LogP contribution in [0.25, 0.3) is 0 Å². The fourth-order valence-corrected chi connectivity index (χ4v) is 4.64. The smallest absolute Gasteiger partial charge is 0.247 e. The molecular formula is C15H17N5O4S. The summed E-state index contributed by atoms with van der Waals surface area (Å²) in [6.07, 6.45) is 2.08. The van der Waals surface area contributed by atoms with E-state index < -0.39 is 9.84 Å². The van der Waals surface area contributed by atoms with E-state index in [1.807, 2.05) is 18.2 Å². The first-order valence-corrected chi connectivity index (χ1v) is 9.62. The molecule has 25 heavy (non-hydrogen) atoms. The van der Waals surface area contributed by atoms with Crippen molar-refractivity contribution in [2.24, 2.45) is 0 Å². The fourth-order valence-electron chi connectivity index (χ4n) is 2.87. The summed E-state index contributed by atoms with van der Waals surface area (Å²) in [5, 5.41) is 11.1. The van der Waals surface area contributed by atoms with Crippen LogP contribution in [0.3, 0.4) is 0 Å². The Bertz CT molecular complexity index is 905. The van der Waals surface area contributed by atoms with Crippen LogP contribution in [0.15, 0.2) is 24.4 Å². The van der Waals surface area contributed by atoms with Gasteiger partial charge in [-0.05, 0) is 18.6 Å². The minimum absolute atomic E-state index is 0.118. The number of benzene rings is 1. The summed E-state index contributed by atoms with van der Waals surface area (Å²) >= 11 is 0. The summed E-state index contributed by atoms with van der Waals surface area (Å²) in [4.78, 5) is 6.19. The molecule has 0 saturated carbocycles. The SMILES string of the molecule is CN(c1nncc(Nc2ccc3c(c2)OCO3)n1)C1CCS(=O)(=O)C1. The minimum Gasteiger partial charge on any atom is -0.454 e. The molecule has 1 fully saturated rings. The van der Waals surface area contributed by atoms with Crippen LogP contribution in [0, 0.1) is 0 Å². The molecule has 1 atom stereocenters. The van der Waals surface area contributed by atoms with Gasteiger partial charge in [0.2, 0.25) is 12.7 Å². The van der Waals surface area contributed by atoms with Crippen molar-refractivity contribution >= 4 is 27.3 Å². The maximum atomic E-state index is 11.7. The lowest BCUT2D eigenvalue weighted by molar-refractivity contribution is 0.174. The summed E-state index contributed by atoms with van der Waals surface area (Å²) in [5.74, 6) is 2.58. The number of fused-ring (bicyclic) bond motifs is 1. The lowest BCUT2D eigenvalue weighted by Gasteiger charge is -2.22. The average molecular weight is 363 g/mol. The third-order valence-electron chi connectivity index (χ3n) is 4.26. The third-order valence-corrected chi connectivity index (χ3v) is 6.01. The molecule has 1 saturated heterocycles. The Kier molecular flexibility index (Phi) is 3.83. The molecule has 1 aromatic heterocycles. The van der Waals surface area contributed by atoms with Gasteiger partial charge >= 0.3 is 0 Å². The molecule has 10 heteroatoms. The van der Waals surface area contributed by atoms with Gasteiger partial charge in [0.15, 0.2) is 27.2 Å². The number of aromatic nitrogens is 3. The molecule has 4 rings (SSSR count). The van der Waals surface area contributed by atoms with Gasteiger partial charge in [-0.25, -0.2) is 8.42 Å². The first-order chi connectivity index (χ1) is 12.0. The van der Waals surface area contributed by atoms with Crippen molar-refractivity contribution in [3.63, 3.8) is 0 Å². The fraction of sp³-hybridized carbons (Fsp3) is 0.400. The van der Waals surface area contributed by atoms with E-state index in [0.29, 0.717) is 29.7 Å². The van der Waals surface area contributed by atoms with E-state index in [-0.39, 0.29) is 24.3 Å². The summed E-state index contributed by atoms with van der Waals surface area (Å²) in [7, 11) is -1.19. The number of nitrogens with zero attached hydrogens (tertiary/aromatic N) is 4. The highest BCUT2D eigenvalue weighted by Gasteiger charge is 2.32. The highest BCUT2D eigenvalue weighted by atomic mass is 32.2. The van der Waals surface area contributed by atoms with Gasteiger partial charge in [-0.1, -0.05) is 0 Å². The number of rotatable bonds is 4. The van der Waals surface area contributed by atoms with Gasteiger partial charge in [0.25, 0.3) is 0 Å². The van der Waals surface area contributed by atoms with Crippen LogP contribution in [-0.4, -0.2) is 55.0 Å². The van der Waals surface area contributed by atoms with Gasteiger partial charge in [0.1, 0.15) is 0 Å². The second-order valence-electron chi connectivity index (χ2n) is 6.00. The number of hydrogen-bond donors (Lipinski definition) is 1. The highest BCUT2D eigenvalue weighted by molar-refractivity contribution is 7.91.